The quantitative estimate of drug-likeness (QED) is 0.401. The lowest BCUT2D eigenvalue weighted by molar-refractivity contribution is -0.137. The zero-order valence-electron chi connectivity index (χ0n) is 14.0. The van der Waals surface area contributed by atoms with Gasteiger partial charge in [-0.2, -0.15) is 0 Å². The van der Waals surface area contributed by atoms with E-state index >= 15 is 0 Å². The summed E-state index contributed by atoms with van der Waals surface area (Å²) in [7, 11) is 0. The number of carbonyl (C=O) groups is 2. The predicted octanol–water partition coefficient (Wildman–Crippen LogP) is 2.69. The SMILES string of the molecule is CCCCC[C@H](O)/C=C/[C@@H]1[C@H](O)CC(=O)[C@@H]1CCCCC(=O)O. The zero-order chi connectivity index (χ0) is 17.2. The Kier molecular flexibility index (Phi) is 9.10. The number of unbranched alkanes of at least 4 members (excludes halogenated alkanes) is 3. The van der Waals surface area contributed by atoms with Gasteiger partial charge in [0.2, 0.25) is 0 Å². The van der Waals surface area contributed by atoms with Crippen molar-refractivity contribution in [3.05, 3.63) is 12.2 Å². The first-order chi connectivity index (χ1) is 11.0. The van der Waals surface area contributed by atoms with Crippen LogP contribution in [0.3, 0.4) is 0 Å². The van der Waals surface area contributed by atoms with E-state index in [0.717, 1.165) is 19.3 Å². The smallest absolute Gasteiger partial charge is 0.303 e. The van der Waals surface area contributed by atoms with Crippen LogP contribution in [0.15, 0.2) is 12.2 Å². The Balaban J connectivity index is 2.48. The highest BCUT2D eigenvalue weighted by molar-refractivity contribution is 5.84. The van der Waals surface area contributed by atoms with E-state index in [1.807, 2.05) is 0 Å². The Morgan fingerprint density at radius 3 is 2.70 bits per heavy atom. The second-order valence-corrected chi connectivity index (χ2v) is 6.51. The largest absolute Gasteiger partial charge is 0.481 e. The maximum absolute atomic E-state index is 12.0. The molecule has 0 aliphatic heterocycles. The molecule has 0 saturated heterocycles. The molecule has 1 saturated carbocycles. The van der Waals surface area contributed by atoms with Crippen molar-refractivity contribution in [1.82, 2.24) is 0 Å². The second kappa shape index (κ2) is 10.6. The monoisotopic (exact) mass is 326 g/mol. The average Bonchev–Trinajstić information content (AvgIpc) is 2.75. The Labute approximate surface area is 138 Å². The number of Topliss-reactive ketones (excluding diaryl/α,β-unsaturated/α-hetero) is 1. The van der Waals surface area contributed by atoms with Gasteiger partial charge in [-0.05, 0) is 19.3 Å². The third-order valence-electron chi connectivity index (χ3n) is 4.55. The van der Waals surface area contributed by atoms with Crippen molar-refractivity contribution in [2.45, 2.75) is 76.9 Å². The van der Waals surface area contributed by atoms with Crippen LogP contribution >= 0.6 is 0 Å². The topological polar surface area (TPSA) is 94.8 Å². The number of carboxylic acid groups (broad SMARTS) is 1. The van der Waals surface area contributed by atoms with Crippen molar-refractivity contribution in [3.8, 4) is 0 Å². The second-order valence-electron chi connectivity index (χ2n) is 6.51. The van der Waals surface area contributed by atoms with E-state index in [4.69, 9.17) is 5.11 Å². The van der Waals surface area contributed by atoms with Gasteiger partial charge in [-0.1, -0.05) is 44.8 Å². The minimum Gasteiger partial charge on any atom is -0.481 e. The van der Waals surface area contributed by atoms with Gasteiger partial charge in [0.1, 0.15) is 5.78 Å². The number of ketones is 1. The van der Waals surface area contributed by atoms with Gasteiger partial charge in [0, 0.05) is 24.7 Å². The summed E-state index contributed by atoms with van der Waals surface area (Å²) in [6, 6.07) is 0. The molecule has 0 aromatic heterocycles. The first-order valence-electron chi connectivity index (χ1n) is 8.74. The van der Waals surface area contributed by atoms with Gasteiger partial charge in [-0.3, -0.25) is 9.59 Å². The molecule has 0 unspecified atom stereocenters. The van der Waals surface area contributed by atoms with Crippen molar-refractivity contribution in [3.63, 3.8) is 0 Å². The highest BCUT2D eigenvalue weighted by atomic mass is 16.4. The van der Waals surface area contributed by atoms with Crippen molar-refractivity contribution in [2.24, 2.45) is 11.8 Å². The van der Waals surface area contributed by atoms with Crippen LogP contribution in [0.1, 0.15) is 64.7 Å². The fraction of sp³-hybridized carbons (Fsp3) is 0.778. The minimum absolute atomic E-state index is 0.0444. The van der Waals surface area contributed by atoms with Gasteiger partial charge in [0.15, 0.2) is 0 Å². The van der Waals surface area contributed by atoms with E-state index in [1.54, 1.807) is 12.2 Å². The van der Waals surface area contributed by atoms with Crippen LogP contribution in [-0.2, 0) is 9.59 Å². The molecular formula is C18H30O5. The molecule has 0 amide bonds. The van der Waals surface area contributed by atoms with Crippen LogP contribution in [0.2, 0.25) is 0 Å². The fourth-order valence-corrected chi connectivity index (χ4v) is 3.19. The summed E-state index contributed by atoms with van der Waals surface area (Å²) in [6.07, 6.45) is 8.20. The number of rotatable bonds is 11. The minimum atomic E-state index is -0.825. The summed E-state index contributed by atoms with van der Waals surface area (Å²) in [5, 5.41) is 28.6. The van der Waals surface area contributed by atoms with Gasteiger partial charge in [0.05, 0.1) is 12.2 Å². The van der Waals surface area contributed by atoms with Crippen LogP contribution in [0.4, 0.5) is 0 Å². The van der Waals surface area contributed by atoms with E-state index in [-0.39, 0.29) is 30.5 Å². The van der Waals surface area contributed by atoms with Crippen LogP contribution < -0.4 is 0 Å². The Bertz CT molecular complexity index is 404. The fourth-order valence-electron chi connectivity index (χ4n) is 3.19. The first kappa shape index (κ1) is 19.8. The maximum Gasteiger partial charge on any atom is 0.303 e. The van der Waals surface area contributed by atoms with E-state index in [9.17, 15) is 19.8 Å². The van der Waals surface area contributed by atoms with Crippen molar-refractivity contribution in [2.75, 3.05) is 0 Å². The summed E-state index contributed by atoms with van der Waals surface area (Å²) in [5.41, 5.74) is 0. The molecule has 23 heavy (non-hydrogen) atoms. The molecule has 1 rings (SSSR count). The number of aliphatic hydroxyl groups is 2. The number of hydrogen-bond donors (Lipinski definition) is 3. The third kappa shape index (κ3) is 7.27. The normalized spacial score (nSPS) is 26.0. The summed E-state index contributed by atoms with van der Waals surface area (Å²) in [6.45, 7) is 2.11. The van der Waals surface area contributed by atoms with Gasteiger partial charge in [-0.15, -0.1) is 0 Å². The Morgan fingerprint density at radius 1 is 1.30 bits per heavy atom. The lowest BCUT2D eigenvalue weighted by Gasteiger charge is -2.18. The van der Waals surface area contributed by atoms with E-state index in [0.29, 0.717) is 25.7 Å². The number of aliphatic carboxylic acids is 1. The molecule has 5 nitrogen and oxygen atoms in total. The molecule has 0 heterocycles. The molecule has 0 spiro atoms. The van der Waals surface area contributed by atoms with Gasteiger partial charge < -0.3 is 15.3 Å². The predicted molar refractivity (Wildman–Crippen MR) is 88.0 cm³/mol. The summed E-state index contributed by atoms with van der Waals surface area (Å²) < 4.78 is 0. The lowest BCUT2D eigenvalue weighted by Crippen LogP contribution is -2.19. The van der Waals surface area contributed by atoms with Crippen LogP contribution in [0.25, 0.3) is 0 Å². The van der Waals surface area contributed by atoms with Gasteiger partial charge >= 0.3 is 5.97 Å². The molecule has 5 heteroatoms. The Hall–Kier alpha value is -1.20. The highest BCUT2D eigenvalue weighted by Gasteiger charge is 2.39. The molecule has 1 fully saturated rings. The molecule has 0 radical (unpaired) electrons. The molecule has 132 valence electrons. The average molecular weight is 326 g/mol. The van der Waals surface area contributed by atoms with Crippen molar-refractivity contribution >= 4 is 11.8 Å². The third-order valence-corrected chi connectivity index (χ3v) is 4.55. The number of carbonyl (C=O) groups excluding carboxylic acids is 1. The van der Waals surface area contributed by atoms with Crippen molar-refractivity contribution in [1.29, 1.82) is 0 Å². The van der Waals surface area contributed by atoms with E-state index < -0.39 is 18.2 Å². The number of aliphatic hydroxyl groups excluding tert-OH is 2. The standard InChI is InChI=1S/C18H30O5/c1-2-3-4-7-13(19)10-11-15-14(16(20)12-17(15)21)8-5-6-9-18(22)23/h10-11,13-15,17,19,21H,2-9,12H2,1H3,(H,22,23)/b11-10+/t13-,14+,15-,17+/m0/s1. The summed E-state index contributed by atoms with van der Waals surface area (Å²) in [5.74, 6) is -1.29. The molecule has 4 atom stereocenters. The number of carboxylic acids is 1. The molecule has 1 aliphatic rings. The highest BCUT2D eigenvalue weighted by Crippen LogP contribution is 2.34. The summed E-state index contributed by atoms with van der Waals surface area (Å²) in [4.78, 5) is 22.5. The Morgan fingerprint density at radius 2 is 2.04 bits per heavy atom. The van der Waals surface area contributed by atoms with Crippen LogP contribution in [0, 0.1) is 11.8 Å². The molecular weight excluding hydrogens is 296 g/mol. The maximum atomic E-state index is 12.0. The van der Waals surface area contributed by atoms with Crippen LogP contribution in [-0.4, -0.2) is 39.3 Å². The molecule has 0 aromatic rings. The van der Waals surface area contributed by atoms with Gasteiger partial charge in [0.25, 0.3) is 0 Å². The first-order valence-corrected chi connectivity index (χ1v) is 8.74. The van der Waals surface area contributed by atoms with E-state index in [2.05, 4.69) is 6.92 Å². The van der Waals surface area contributed by atoms with Crippen LogP contribution in [0.5, 0.6) is 0 Å². The molecule has 0 aromatic carbocycles. The molecule has 0 bridgehead atoms. The lowest BCUT2D eigenvalue weighted by atomic mass is 9.88. The number of hydrogen-bond acceptors (Lipinski definition) is 4. The zero-order valence-corrected chi connectivity index (χ0v) is 14.0. The van der Waals surface area contributed by atoms with E-state index in [1.165, 1.54) is 0 Å². The molecule has 1 aliphatic carbocycles. The van der Waals surface area contributed by atoms with Gasteiger partial charge in [-0.25, -0.2) is 0 Å². The molecule has 3 N–H and O–H groups in total. The summed E-state index contributed by atoms with van der Waals surface area (Å²) >= 11 is 0. The van der Waals surface area contributed by atoms with Crippen molar-refractivity contribution < 1.29 is 24.9 Å².